The van der Waals surface area contributed by atoms with Gasteiger partial charge in [0, 0.05) is 6.54 Å². The summed E-state index contributed by atoms with van der Waals surface area (Å²) in [4.78, 5) is 0. The molecule has 0 unspecified atom stereocenters. The summed E-state index contributed by atoms with van der Waals surface area (Å²) in [5, 5.41) is 3.30. The van der Waals surface area contributed by atoms with Gasteiger partial charge < -0.3 is 5.32 Å². The van der Waals surface area contributed by atoms with Crippen LogP contribution in [0.4, 0.5) is 0 Å². The van der Waals surface area contributed by atoms with E-state index >= 15 is 0 Å². The zero-order valence-corrected chi connectivity index (χ0v) is 7.16. The van der Waals surface area contributed by atoms with Crippen molar-refractivity contribution in [2.75, 3.05) is 13.1 Å². The molecule has 2 heteroatoms. The summed E-state index contributed by atoms with van der Waals surface area (Å²) in [7, 11) is 0. The number of hydrogen-bond acceptors (Lipinski definition) is 1. The molecule has 1 aliphatic rings. The maximum Gasteiger partial charge on any atom is 0.0172 e. The first-order valence-corrected chi connectivity index (χ1v) is 3.93. The van der Waals surface area contributed by atoms with Gasteiger partial charge in [0.2, 0.25) is 0 Å². The largest absolute Gasteiger partial charge is 0.313 e. The molecule has 0 aromatic rings. The van der Waals surface area contributed by atoms with E-state index in [0.29, 0.717) is 0 Å². The minimum atomic E-state index is 1.10. The molecule has 46 valence electrons. The van der Waals surface area contributed by atoms with Gasteiger partial charge in [0.15, 0.2) is 0 Å². The Kier molecular flexibility index (Phi) is 2.31. The van der Waals surface area contributed by atoms with Crippen molar-refractivity contribution in [1.82, 2.24) is 5.32 Å². The molecule has 8 heavy (non-hydrogen) atoms. The third kappa shape index (κ3) is 1.45. The van der Waals surface area contributed by atoms with Crippen LogP contribution in [0, 0.1) is 0 Å². The van der Waals surface area contributed by atoms with Crippen LogP contribution in [0.1, 0.15) is 13.3 Å². The summed E-state index contributed by atoms with van der Waals surface area (Å²) in [6.07, 6.45) is 1.23. The lowest BCUT2D eigenvalue weighted by Crippen LogP contribution is -2.22. The van der Waals surface area contributed by atoms with Crippen molar-refractivity contribution in [2.24, 2.45) is 0 Å². The molecule has 0 aliphatic carbocycles. The Bertz CT molecular complexity index is 104. The summed E-state index contributed by atoms with van der Waals surface area (Å²) in [5.41, 5.74) is 1.51. The normalized spacial score (nSPS) is 21.8. The molecule has 0 saturated carbocycles. The number of rotatable bonds is 0. The van der Waals surface area contributed by atoms with E-state index in [1.807, 2.05) is 0 Å². The minimum absolute atomic E-state index is 1.10. The van der Waals surface area contributed by atoms with Crippen LogP contribution in [-0.4, -0.2) is 13.1 Å². The number of nitrogens with one attached hydrogen (secondary N) is 1. The molecule has 0 amide bonds. The van der Waals surface area contributed by atoms with Gasteiger partial charge in [-0.1, -0.05) is 5.57 Å². The Balaban J connectivity index is 2.60. The van der Waals surface area contributed by atoms with Crippen LogP contribution >= 0.6 is 22.6 Å². The van der Waals surface area contributed by atoms with Gasteiger partial charge >= 0.3 is 0 Å². The summed E-state index contributed by atoms with van der Waals surface area (Å²) in [6.45, 7) is 4.45. The molecule has 0 saturated heterocycles. The predicted molar refractivity (Wildman–Crippen MR) is 44.2 cm³/mol. The summed E-state index contributed by atoms with van der Waals surface area (Å²) >= 11 is 2.42. The first kappa shape index (κ1) is 6.55. The fraction of sp³-hybridized carbons (Fsp3) is 0.667. The van der Waals surface area contributed by atoms with E-state index in [1.165, 1.54) is 12.0 Å². The molecule has 0 aromatic carbocycles. The molecule has 0 aromatic heterocycles. The van der Waals surface area contributed by atoms with Gasteiger partial charge in [0.05, 0.1) is 0 Å². The van der Waals surface area contributed by atoms with Crippen LogP contribution in [0.2, 0.25) is 0 Å². The average Bonchev–Trinajstić information content (AvgIpc) is 1.77. The van der Waals surface area contributed by atoms with Crippen molar-refractivity contribution in [3.63, 3.8) is 0 Å². The standard InChI is InChI=1S/C6H10IN/c1-5-4-8-3-2-6(5)7/h8H,2-4H2,1H3. The molecule has 0 radical (unpaired) electrons. The maximum absolute atomic E-state index is 3.30. The molecular weight excluding hydrogens is 213 g/mol. The molecule has 0 bridgehead atoms. The topological polar surface area (TPSA) is 12.0 Å². The Hall–Kier alpha value is 0.430. The lowest BCUT2D eigenvalue weighted by atomic mass is 10.2. The van der Waals surface area contributed by atoms with Crippen molar-refractivity contribution in [3.8, 4) is 0 Å². The van der Waals surface area contributed by atoms with Crippen LogP contribution < -0.4 is 5.32 Å². The fourth-order valence-electron chi connectivity index (χ4n) is 0.783. The van der Waals surface area contributed by atoms with E-state index < -0.39 is 0 Å². The predicted octanol–water partition coefficient (Wildman–Crippen LogP) is 1.69. The Morgan fingerprint density at radius 3 is 2.75 bits per heavy atom. The first-order chi connectivity index (χ1) is 3.80. The van der Waals surface area contributed by atoms with E-state index in [-0.39, 0.29) is 0 Å². The summed E-state index contributed by atoms with van der Waals surface area (Å²) < 4.78 is 1.54. The van der Waals surface area contributed by atoms with Gasteiger partial charge in [-0.15, -0.1) is 0 Å². The molecule has 0 atom stereocenters. The van der Waals surface area contributed by atoms with E-state index in [0.717, 1.165) is 13.1 Å². The van der Waals surface area contributed by atoms with E-state index in [4.69, 9.17) is 0 Å². The van der Waals surface area contributed by atoms with Crippen molar-refractivity contribution in [3.05, 3.63) is 9.15 Å². The molecule has 0 spiro atoms. The van der Waals surface area contributed by atoms with Crippen molar-refractivity contribution in [1.29, 1.82) is 0 Å². The Labute approximate surface area is 63.7 Å². The van der Waals surface area contributed by atoms with Crippen LogP contribution in [-0.2, 0) is 0 Å². The van der Waals surface area contributed by atoms with Gasteiger partial charge in [0.1, 0.15) is 0 Å². The molecule has 1 heterocycles. The molecule has 1 nitrogen and oxygen atoms in total. The minimum Gasteiger partial charge on any atom is -0.313 e. The van der Waals surface area contributed by atoms with Crippen molar-refractivity contribution < 1.29 is 0 Å². The van der Waals surface area contributed by atoms with E-state index in [2.05, 4.69) is 34.8 Å². The molecule has 1 rings (SSSR count). The van der Waals surface area contributed by atoms with Gasteiger partial charge in [-0.05, 0) is 46.1 Å². The van der Waals surface area contributed by atoms with Crippen molar-refractivity contribution in [2.45, 2.75) is 13.3 Å². The van der Waals surface area contributed by atoms with Crippen LogP contribution in [0.25, 0.3) is 0 Å². The average molecular weight is 223 g/mol. The van der Waals surface area contributed by atoms with Gasteiger partial charge in [-0.25, -0.2) is 0 Å². The summed E-state index contributed by atoms with van der Waals surface area (Å²) in [5.74, 6) is 0. The molecular formula is C6H10IN. The second-order valence-electron chi connectivity index (χ2n) is 2.11. The highest BCUT2D eigenvalue weighted by molar-refractivity contribution is 14.1. The zero-order valence-electron chi connectivity index (χ0n) is 5.00. The summed E-state index contributed by atoms with van der Waals surface area (Å²) in [6, 6.07) is 0. The lowest BCUT2D eigenvalue weighted by molar-refractivity contribution is 0.700. The van der Waals surface area contributed by atoms with Gasteiger partial charge in [0.25, 0.3) is 0 Å². The molecule has 0 fully saturated rings. The second-order valence-corrected chi connectivity index (χ2v) is 3.41. The maximum atomic E-state index is 3.30. The highest BCUT2D eigenvalue weighted by Gasteiger charge is 2.03. The molecule has 1 N–H and O–H groups in total. The van der Waals surface area contributed by atoms with E-state index in [1.54, 1.807) is 3.58 Å². The van der Waals surface area contributed by atoms with E-state index in [9.17, 15) is 0 Å². The quantitative estimate of drug-likeness (QED) is 0.616. The van der Waals surface area contributed by atoms with Gasteiger partial charge in [-0.3, -0.25) is 0 Å². The van der Waals surface area contributed by atoms with Crippen LogP contribution in [0.3, 0.4) is 0 Å². The van der Waals surface area contributed by atoms with Gasteiger partial charge in [-0.2, -0.15) is 0 Å². The third-order valence-electron chi connectivity index (χ3n) is 1.37. The van der Waals surface area contributed by atoms with Crippen molar-refractivity contribution >= 4 is 22.6 Å². The Morgan fingerprint density at radius 1 is 1.62 bits per heavy atom. The number of hydrogen-bond donors (Lipinski definition) is 1. The van der Waals surface area contributed by atoms with Crippen LogP contribution in [0.5, 0.6) is 0 Å². The fourth-order valence-corrected chi connectivity index (χ4v) is 1.24. The third-order valence-corrected chi connectivity index (χ3v) is 2.83. The zero-order chi connectivity index (χ0) is 5.98. The highest BCUT2D eigenvalue weighted by atomic mass is 127. The number of halogens is 1. The smallest absolute Gasteiger partial charge is 0.0172 e. The Morgan fingerprint density at radius 2 is 2.38 bits per heavy atom. The second kappa shape index (κ2) is 2.82. The van der Waals surface area contributed by atoms with Crippen LogP contribution in [0.15, 0.2) is 9.15 Å². The lowest BCUT2D eigenvalue weighted by Gasteiger charge is -2.13. The SMILES string of the molecule is CC1=C(I)CCNC1. The first-order valence-electron chi connectivity index (χ1n) is 2.85. The monoisotopic (exact) mass is 223 g/mol. The molecule has 1 aliphatic heterocycles. The highest BCUT2D eigenvalue weighted by Crippen LogP contribution is 2.17.